The van der Waals surface area contributed by atoms with Crippen molar-refractivity contribution >= 4 is 0 Å². The Hall–Kier alpha value is -3.22. The van der Waals surface area contributed by atoms with Crippen LogP contribution in [-0.2, 0) is 6.42 Å². The van der Waals surface area contributed by atoms with Gasteiger partial charge in [-0.3, -0.25) is 0 Å². The molecule has 0 fully saturated rings. The molecule has 0 saturated carbocycles. The molecular formula is C27H24. The molecule has 0 unspecified atom stereocenters. The Labute approximate surface area is 163 Å². The van der Waals surface area contributed by atoms with Crippen LogP contribution < -0.4 is 0 Å². The first-order valence-electron chi connectivity index (χ1n) is 9.52. The topological polar surface area (TPSA) is 0 Å². The smallest absolute Gasteiger partial charge is 0.0249 e. The van der Waals surface area contributed by atoms with E-state index in [9.17, 15) is 0 Å². The zero-order chi connectivity index (χ0) is 18.9. The van der Waals surface area contributed by atoms with Gasteiger partial charge in [0.25, 0.3) is 0 Å². The fourth-order valence-corrected chi connectivity index (χ4v) is 2.92. The fourth-order valence-electron chi connectivity index (χ4n) is 2.92. The van der Waals surface area contributed by atoms with Crippen molar-refractivity contribution in [2.45, 2.75) is 33.1 Å². The summed E-state index contributed by atoms with van der Waals surface area (Å²) in [6.45, 7) is 4.08. The fraction of sp³-hybridized carbons (Fsp3) is 0.185. The summed E-state index contributed by atoms with van der Waals surface area (Å²) in [5, 5.41) is 0. The van der Waals surface area contributed by atoms with Gasteiger partial charge in [-0.2, -0.15) is 0 Å². The molecule has 0 heteroatoms. The van der Waals surface area contributed by atoms with Crippen molar-refractivity contribution in [1.82, 2.24) is 0 Å². The van der Waals surface area contributed by atoms with Crippen LogP contribution in [-0.4, -0.2) is 0 Å². The first-order chi connectivity index (χ1) is 13.3. The van der Waals surface area contributed by atoms with Gasteiger partial charge in [0.15, 0.2) is 0 Å². The molecule has 0 aliphatic rings. The van der Waals surface area contributed by atoms with Gasteiger partial charge in [0.1, 0.15) is 0 Å². The molecule has 0 nitrogen and oxygen atoms in total. The summed E-state index contributed by atoms with van der Waals surface area (Å²) in [6.07, 6.45) is 3.65. The molecule has 132 valence electrons. The van der Waals surface area contributed by atoms with Crippen LogP contribution in [0.5, 0.6) is 0 Å². The summed E-state index contributed by atoms with van der Waals surface area (Å²) in [6, 6.07) is 25.4. The molecule has 3 aromatic carbocycles. The highest BCUT2D eigenvalue weighted by Gasteiger charge is 1.99. The van der Waals surface area contributed by atoms with Crippen LogP contribution >= 0.6 is 0 Å². The molecule has 0 aromatic heterocycles. The summed E-state index contributed by atoms with van der Waals surface area (Å²) in [5.41, 5.74) is 6.94. The van der Waals surface area contributed by atoms with E-state index in [2.05, 4.69) is 79.1 Å². The lowest BCUT2D eigenvalue weighted by atomic mass is 10.0. The van der Waals surface area contributed by atoms with Crippen molar-refractivity contribution < 1.29 is 0 Å². The van der Waals surface area contributed by atoms with E-state index in [0.29, 0.717) is 0 Å². The zero-order valence-corrected chi connectivity index (χ0v) is 16.0. The van der Waals surface area contributed by atoms with Crippen molar-refractivity contribution in [2.24, 2.45) is 0 Å². The van der Waals surface area contributed by atoms with Crippen LogP contribution in [0.3, 0.4) is 0 Å². The Morgan fingerprint density at radius 1 is 0.593 bits per heavy atom. The first kappa shape index (κ1) is 18.6. The monoisotopic (exact) mass is 348 g/mol. The molecule has 0 aliphatic heterocycles. The minimum Gasteiger partial charge on any atom is -0.101 e. The Bertz CT molecular complexity index is 981. The van der Waals surface area contributed by atoms with E-state index in [1.54, 1.807) is 0 Å². The average molecular weight is 348 g/mol. The largest absolute Gasteiger partial charge is 0.101 e. The normalized spacial score (nSPS) is 9.70. The third-order valence-corrected chi connectivity index (χ3v) is 4.50. The summed E-state index contributed by atoms with van der Waals surface area (Å²) in [7, 11) is 0. The molecule has 0 bridgehead atoms. The summed E-state index contributed by atoms with van der Waals surface area (Å²) >= 11 is 0. The molecule has 3 rings (SSSR count). The van der Waals surface area contributed by atoms with E-state index in [1.807, 2.05) is 31.2 Å². The summed E-state index contributed by atoms with van der Waals surface area (Å²) in [5.74, 6) is 12.4. The lowest BCUT2D eigenvalue weighted by Crippen LogP contribution is -1.85. The van der Waals surface area contributed by atoms with Gasteiger partial charge < -0.3 is 0 Å². The van der Waals surface area contributed by atoms with Gasteiger partial charge in [-0.15, -0.1) is 5.92 Å². The maximum Gasteiger partial charge on any atom is 0.0249 e. The van der Waals surface area contributed by atoms with Crippen LogP contribution in [0.2, 0.25) is 0 Å². The number of aryl methyl sites for hydroxylation is 1. The molecule has 0 amide bonds. The van der Waals surface area contributed by atoms with Gasteiger partial charge in [0.05, 0.1) is 0 Å². The van der Waals surface area contributed by atoms with Crippen molar-refractivity contribution in [2.75, 3.05) is 0 Å². The van der Waals surface area contributed by atoms with Crippen LogP contribution in [0.1, 0.15) is 48.9 Å². The van der Waals surface area contributed by atoms with Crippen LogP contribution in [0.25, 0.3) is 11.1 Å². The van der Waals surface area contributed by atoms with Crippen molar-refractivity contribution in [3.63, 3.8) is 0 Å². The van der Waals surface area contributed by atoms with E-state index in [0.717, 1.165) is 23.1 Å². The maximum atomic E-state index is 3.24. The van der Waals surface area contributed by atoms with Crippen LogP contribution in [0, 0.1) is 23.7 Å². The number of benzene rings is 3. The molecule has 0 saturated heterocycles. The SMILES string of the molecule is CC#Cc1ccc(C#Cc2ccc(-c3ccc(CCCC)cc3)cc2)cc1. The molecule has 0 N–H and O–H groups in total. The van der Waals surface area contributed by atoms with Crippen molar-refractivity contribution in [3.05, 3.63) is 95.1 Å². The van der Waals surface area contributed by atoms with Crippen molar-refractivity contribution in [1.29, 1.82) is 0 Å². The highest BCUT2D eigenvalue weighted by molar-refractivity contribution is 5.64. The van der Waals surface area contributed by atoms with E-state index in [1.165, 1.54) is 29.5 Å². The van der Waals surface area contributed by atoms with Gasteiger partial charge >= 0.3 is 0 Å². The molecule has 0 heterocycles. The van der Waals surface area contributed by atoms with Crippen molar-refractivity contribution in [3.8, 4) is 34.8 Å². The Kier molecular flexibility index (Phi) is 6.51. The average Bonchev–Trinajstić information content (AvgIpc) is 2.73. The van der Waals surface area contributed by atoms with Gasteiger partial charge in [0, 0.05) is 16.7 Å². The standard InChI is InChI=1S/C27H24/c1-3-5-7-23-14-18-26(19-15-23)27-20-16-25(17-21-27)13-12-24-10-8-22(6-4-2)9-11-24/h8-11,14-21H,3,5,7H2,1-2H3. The zero-order valence-electron chi connectivity index (χ0n) is 16.0. The number of unbranched alkanes of at least 4 members (excludes halogenated alkanes) is 1. The summed E-state index contributed by atoms with van der Waals surface area (Å²) < 4.78 is 0. The van der Waals surface area contributed by atoms with Crippen LogP contribution in [0.15, 0.2) is 72.8 Å². The Balaban J connectivity index is 1.69. The van der Waals surface area contributed by atoms with E-state index in [4.69, 9.17) is 0 Å². The Morgan fingerprint density at radius 2 is 1.04 bits per heavy atom. The third kappa shape index (κ3) is 5.37. The molecule has 27 heavy (non-hydrogen) atoms. The van der Waals surface area contributed by atoms with Crippen LogP contribution in [0.4, 0.5) is 0 Å². The number of rotatable bonds is 4. The molecule has 0 atom stereocenters. The lowest BCUT2D eigenvalue weighted by molar-refractivity contribution is 0.795. The van der Waals surface area contributed by atoms with Gasteiger partial charge in [-0.25, -0.2) is 0 Å². The van der Waals surface area contributed by atoms with Gasteiger partial charge in [-0.1, -0.05) is 67.5 Å². The predicted molar refractivity (Wildman–Crippen MR) is 115 cm³/mol. The highest BCUT2D eigenvalue weighted by Crippen LogP contribution is 2.21. The lowest BCUT2D eigenvalue weighted by Gasteiger charge is -2.04. The van der Waals surface area contributed by atoms with E-state index in [-0.39, 0.29) is 0 Å². The quantitative estimate of drug-likeness (QED) is 0.474. The molecule has 0 radical (unpaired) electrons. The first-order valence-corrected chi connectivity index (χ1v) is 9.52. The number of hydrogen-bond acceptors (Lipinski definition) is 0. The predicted octanol–water partition coefficient (Wildman–Crippen LogP) is 6.47. The highest BCUT2D eigenvalue weighted by atomic mass is 14.0. The maximum absolute atomic E-state index is 3.24. The minimum atomic E-state index is 1.00. The molecule has 3 aromatic rings. The van der Waals surface area contributed by atoms with Gasteiger partial charge in [-0.05, 0) is 72.9 Å². The van der Waals surface area contributed by atoms with E-state index < -0.39 is 0 Å². The Morgan fingerprint density at radius 3 is 1.52 bits per heavy atom. The van der Waals surface area contributed by atoms with Gasteiger partial charge in [0.2, 0.25) is 0 Å². The molecule has 0 spiro atoms. The molecular weight excluding hydrogens is 324 g/mol. The second kappa shape index (κ2) is 9.47. The second-order valence-electron chi connectivity index (χ2n) is 6.58. The summed E-state index contributed by atoms with van der Waals surface area (Å²) in [4.78, 5) is 0. The third-order valence-electron chi connectivity index (χ3n) is 4.50. The second-order valence-corrected chi connectivity index (χ2v) is 6.58. The number of hydrogen-bond donors (Lipinski definition) is 0. The molecule has 0 aliphatic carbocycles. The van der Waals surface area contributed by atoms with E-state index >= 15 is 0 Å². The minimum absolute atomic E-state index is 1.00.